The molecule has 1 atom stereocenters. The van der Waals surface area contributed by atoms with Crippen LogP contribution in [0.15, 0.2) is 0 Å². The number of rotatable bonds is 1. The number of aliphatic hydroxyl groups is 1. The summed E-state index contributed by atoms with van der Waals surface area (Å²) in [5.74, 6) is 0. The fourth-order valence-corrected chi connectivity index (χ4v) is 3.41. The molecule has 0 amide bonds. The topological polar surface area (TPSA) is 33.1 Å². The molecular formula is C12H19NOS. The Kier molecular flexibility index (Phi) is 2.86. The summed E-state index contributed by atoms with van der Waals surface area (Å²) in [5.41, 5.74) is 1.43. The van der Waals surface area contributed by atoms with Crippen molar-refractivity contribution in [3.05, 3.63) is 15.6 Å². The second-order valence-corrected chi connectivity index (χ2v) is 6.68. The fraction of sp³-hybridized carbons (Fsp3) is 0.750. The van der Waals surface area contributed by atoms with Crippen molar-refractivity contribution < 1.29 is 5.11 Å². The van der Waals surface area contributed by atoms with Gasteiger partial charge in [-0.05, 0) is 24.7 Å². The summed E-state index contributed by atoms with van der Waals surface area (Å²) in [4.78, 5) is 5.77. The first-order valence-electron chi connectivity index (χ1n) is 5.62. The minimum absolute atomic E-state index is 0.250. The third-order valence-corrected chi connectivity index (χ3v) is 3.85. The average Bonchev–Trinajstić information content (AvgIpc) is 2.45. The third kappa shape index (κ3) is 2.58. The molecule has 2 nitrogen and oxygen atoms in total. The van der Waals surface area contributed by atoms with Crippen LogP contribution in [0.4, 0.5) is 0 Å². The molecule has 0 spiro atoms. The van der Waals surface area contributed by atoms with Gasteiger partial charge in [0.1, 0.15) is 0 Å². The number of aliphatic hydroxyl groups excluding tert-OH is 1. The smallest absolute Gasteiger partial charge is 0.0937 e. The molecule has 0 bridgehead atoms. The molecule has 1 aromatic heterocycles. The zero-order chi connectivity index (χ0) is 11.1. The van der Waals surface area contributed by atoms with Crippen molar-refractivity contribution in [3.8, 4) is 0 Å². The molecule has 3 heteroatoms. The minimum atomic E-state index is -0.250. The third-order valence-electron chi connectivity index (χ3n) is 2.65. The molecule has 1 aliphatic carbocycles. The molecule has 0 aliphatic heterocycles. The van der Waals surface area contributed by atoms with Crippen LogP contribution < -0.4 is 0 Å². The molecule has 15 heavy (non-hydrogen) atoms. The van der Waals surface area contributed by atoms with Gasteiger partial charge >= 0.3 is 0 Å². The summed E-state index contributed by atoms with van der Waals surface area (Å²) in [7, 11) is 0. The van der Waals surface area contributed by atoms with Crippen molar-refractivity contribution in [1.29, 1.82) is 0 Å². The Morgan fingerprint density at radius 1 is 1.47 bits per heavy atom. The van der Waals surface area contributed by atoms with Gasteiger partial charge in [-0.3, -0.25) is 0 Å². The Morgan fingerprint density at radius 2 is 2.20 bits per heavy atom. The number of aromatic nitrogens is 1. The van der Waals surface area contributed by atoms with Crippen LogP contribution in [0.1, 0.15) is 55.3 Å². The number of thiazole rings is 1. The quantitative estimate of drug-likeness (QED) is 0.796. The first kappa shape index (κ1) is 11.1. The van der Waals surface area contributed by atoms with Crippen LogP contribution >= 0.6 is 11.3 Å². The molecular weight excluding hydrogens is 206 g/mol. The van der Waals surface area contributed by atoms with Gasteiger partial charge in [0.25, 0.3) is 0 Å². The molecule has 1 N–H and O–H groups in total. The van der Waals surface area contributed by atoms with E-state index in [1.165, 1.54) is 5.01 Å². The zero-order valence-electron chi connectivity index (χ0n) is 9.71. The predicted molar refractivity (Wildman–Crippen MR) is 63.2 cm³/mol. The van der Waals surface area contributed by atoms with Crippen LogP contribution in [0.3, 0.4) is 0 Å². The van der Waals surface area contributed by atoms with Crippen LogP contribution in [0.25, 0.3) is 0 Å². The van der Waals surface area contributed by atoms with Gasteiger partial charge in [-0.15, -0.1) is 11.3 Å². The number of aryl methyl sites for hydroxylation is 1. The van der Waals surface area contributed by atoms with Crippen molar-refractivity contribution in [2.45, 2.75) is 52.6 Å². The first-order valence-corrected chi connectivity index (χ1v) is 6.44. The summed E-state index contributed by atoms with van der Waals surface area (Å²) >= 11 is 1.71. The summed E-state index contributed by atoms with van der Waals surface area (Å²) in [5, 5.41) is 11.0. The Hall–Kier alpha value is -0.410. The van der Waals surface area contributed by atoms with E-state index in [2.05, 4.69) is 25.8 Å². The van der Waals surface area contributed by atoms with Gasteiger partial charge in [-0.1, -0.05) is 20.8 Å². The van der Waals surface area contributed by atoms with E-state index < -0.39 is 0 Å². The lowest BCUT2D eigenvalue weighted by Crippen LogP contribution is -2.09. The molecule has 0 radical (unpaired) electrons. The van der Waals surface area contributed by atoms with Crippen LogP contribution in [-0.4, -0.2) is 10.1 Å². The number of nitrogens with zero attached hydrogens (tertiary/aromatic N) is 1. The van der Waals surface area contributed by atoms with Crippen LogP contribution in [0.5, 0.6) is 0 Å². The Morgan fingerprint density at radius 3 is 2.80 bits per heavy atom. The van der Waals surface area contributed by atoms with E-state index in [0.29, 0.717) is 0 Å². The molecule has 1 unspecified atom stereocenters. The van der Waals surface area contributed by atoms with Crippen molar-refractivity contribution in [2.24, 2.45) is 5.41 Å². The average molecular weight is 225 g/mol. The lowest BCUT2D eigenvalue weighted by atomic mass is 9.93. The SMILES string of the molecule is CC(C)(C)Cc1nc2c(s1)C(O)CCC2. The maximum Gasteiger partial charge on any atom is 0.0937 e. The number of hydrogen-bond donors (Lipinski definition) is 1. The lowest BCUT2D eigenvalue weighted by Gasteiger charge is -2.15. The molecule has 84 valence electrons. The zero-order valence-corrected chi connectivity index (χ0v) is 10.5. The molecule has 0 aromatic carbocycles. The summed E-state index contributed by atoms with van der Waals surface area (Å²) < 4.78 is 0. The van der Waals surface area contributed by atoms with Crippen molar-refractivity contribution >= 4 is 11.3 Å². The molecule has 1 aliphatic rings. The van der Waals surface area contributed by atoms with Crippen molar-refractivity contribution in [2.75, 3.05) is 0 Å². The standard InChI is InChI=1S/C12H19NOS/c1-12(2,3)7-10-13-8-5-4-6-9(14)11(8)15-10/h9,14H,4-7H2,1-3H3. The van der Waals surface area contributed by atoms with Gasteiger partial charge in [-0.25, -0.2) is 4.98 Å². The predicted octanol–water partition coefficient (Wildman–Crippen LogP) is 3.10. The molecule has 0 saturated carbocycles. The fourth-order valence-electron chi connectivity index (χ4n) is 1.98. The Bertz CT molecular complexity index is 351. The highest BCUT2D eigenvalue weighted by atomic mass is 32.1. The van der Waals surface area contributed by atoms with E-state index in [4.69, 9.17) is 0 Å². The van der Waals surface area contributed by atoms with E-state index in [1.807, 2.05) is 0 Å². The van der Waals surface area contributed by atoms with E-state index in [0.717, 1.165) is 36.3 Å². The summed E-state index contributed by atoms with van der Waals surface area (Å²) in [6.07, 6.45) is 3.79. The van der Waals surface area contributed by atoms with Gasteiger partial charge in [0.15, 0.2) is 0 Å². The highest BCUT2D eigenvalue weighted by Gasteiger charge is 2.24. The highest BCUT2D eigenvalue weighted by molar-refractivity contribution is 7.11. The van der Waals surface area contributed by atoms with E-state index in [9.17, 15) is 5.11 Å². The molecule has 1 heterocycles. The van der Waals surface area contributed by atoms with Crippen LogP contribution in [0.2, 0.25) is 0 Å². The van der Waals surface area contributed by atoms with Gasteiger partial charge in [0.2, 0.25) is 0 Å². The van der Waals surface area contributed by atoms with Crippen molar-refractivity contribution in [3.63, 3.8) is 0 Å². The van der Waals surface area contributed by atoms with Gasteiger partial charge in [0.05, 0.1) is 21.7 Å². The minimum Gasteiger partial charge on any atom is -0.388 e. The molecule has 2 rings (SSSR count). The Balaban J connectivity index is 2.22. The second-order valence-electron chi connectivity index (χ2n) is 5.56. The normalized spacial score (nSPS) is 21.5. The van der Waals surface area contributed by atoms with Gasteiger partial charge in [0, 0.05) is 6.42 Å². The van der Waals surface area contributed by atoms with Gasteiger partial charge < -0.3 is 5.11 Å². The summed E-state index contributed by atoms with van der Waals surface area (Å²) in [6.45, 7) is 6.68. The lowest BCUT2D eigenvalue weighted by molar-refractivity contribution is 0.160. The maximum absolute atomic E-state index is 9.84. The molecule has 1 aromatic rings. The summed E-state index contributed by atoms with van der Waals surface area (Å²) in [6, 6.07) is 0. The highest BCUT2D eigenvalue weighted by Crippen LogP contribution is 2.35. The maximum atomic E-state index is 9.84. The van der Waals surface area contributed by atoms with Crippen LogP contribution in [-0.2, 0) is 12.8 Å². The van der Waals surface area contributed by atoms with Crippen LogP contribution in [0, 0.1) is 5.41 Å². The number of hydrogen-bond acceptors (Lipinski definition) is 3. The number of fused-ring (bicyclic) bond motifs is 1. The first-order chi connectivity index (χ1) is 6.96. The largest absolute Gasteiger partial charge is 0.388 e. The van der Waals surface area contributed by atoms with Crippen molar-refractivity contribution in [1.82, 2.24) is 4.98 Å². The molecule has 0 fully saturated rings. The second kappa shape index (κ2) is 3.87. The van der Waals surface area contributed by atoms with E-state index >= 15 is 0 Å². The van der Waals surface area contributed by atoms with Gasteiger partial charge in [-0.2, -0.15) is 0 Å². The monoisotopic (exact) mass is 225 g/mol. The molecule has 0 saturated heterocycles. The van der Waals surface area contributed by atoms with E-state index in [1.54, 1.807) is 11.3 Å². The Labute approximate surface area is 95.4 Å². The van der Waals surface area contributed by atoms with E-state index in [-0.39, 0.29) is 11.5 Å².